The second-order valence-corrected chi connectivity index (χ2v) is 13.8. The van der Waals surface area contributed by atoms with Crippen molar-refractivity contribution in [1.82, 2.24) is 0 Å². The quantitative estimate of drug-likeness (QED) is 0.408. The fraction of sp³-hybridized carbons (Fsp3) is 0.935. The van der Waals surface area contributed by atoms with Gasteiger partial charge in [0.2, 0.25) is 0 Å². The minimum Gasteiger partial charge on any atom is -0.393 e. The van der Waals surface area contributed by atoms with Gasteiger partial charge in [-0.15, -0.1) is 0 Å². The Morgan fingerprint density at radius 3 is 2.34 bits per heavy atom. The van der Waals surface area contributed by atoms with Crippen molar-refractivity contribution in [2.24, 2.45) is 57.7 Å². The lowest BCUT2D eigenvalue weighted by Crippen LogP contribution is -2.61. The highest BCUT2D eigenvalue weighted by Gasteiger charge is 2.68. The summed E-state index contributed by atoms with van der Waals surface area (Å²) >= 11 is 0. The summed E-state index contributed by atoms with van der Waals surface area (Å²) in [4.78, 5) is 0. The third kappa shape index (κ3) is 3.49. The summed E-state index contributed by atoms with van der Waals surface area (Å²) in [5.74, 6) is 5.34. The van der Waals surface area contributed by atoms with Gasteiger partial charge in [0.25, 0.3) is 0 Å². The monoisotopic (exact) mass is 442 g/mol. The number of rotatable bonds is 6. The standard InChI is InChI=1S/C31H54O/c1-9-31-19-18-29(7)25(22(5)11-10-21(4)20(2)3)16-17-30(29,8)28(31)15-12-24-23(6)27(32)14-13-26(24)31/h20,22-28,32H,4,9-19H2,1-3,5-8H3/t22?,23?,24?,25?,26?,27-,28?,29+,30?,31-/m0/s1. The number of allylic oxidation sites excluding steroid dienone is 1. The molecule has 0 heterocycles. The van der Waals surface area contributed by atoms with Gasteiger partial charge in [0, 0.05) is 0 Å². The molecule has 7 unspecified atom stereocenters. The Morgan fingerprint density at radius 1 is 0.969 bits per heavy atom. The lowest BCUT2D eigenvalue weighted by molar-refractivity contribution is -0.196. The molecule has 1 N–H and O–H groups in total. The molecule has 4 rings (SSSR count). The summed E-state index contributed by atoms with van der Waals surface area (Å²) < 4.78 is 0. The molecule has 0 saturated heterocycles. The summed E-state index contributed by atoms with van der Waals surface area (Å²) in [6.45, 7) is 21.9. The van der Waals surface area contributed by atoms with E-state index in [1.165, 1.54) is 69.8 Å². The third-order valence-electron chi connectivity index (χ3n) is 12.9. The minimum atomic E-state index is -0.0524. The molecule has 1 heteroatoms. The van der Waals surface area contributed by atoms with Crippen LogP contribution in [0.15, 0.2) is 12.2 Å². The second-order valence-electron chi connectivity index (χ2n) is 13.8. The number of aliphatic hydroxyl groups is 1. The average molecular weight is 443 g/mol. The molecule has 0 amide bonds. The normalized spacial score (nSPS) is 49.3. The first-order valence-corrected chi connectivity index (χ1v) is 14.4. The molecule has 4 aliphatic rings. The van der Waals surface area contributed by atoms with Crippen LogP contribution >= 0.6 is 0 Å². The van der Waals surface area contributed by atoms with E-state index in [1.807, 2.05) is 0 Å². The van der Waals surface area contributed by atoms with E-state index in [0.717, 1.165) is 36.0 Å². The van der Waals surface area contributed by atoms with Crippen LogP contribution in [-0.4, -0.2) is 11.2 Å². The summed E-state index contributed by atoms with van der Waals surface area (Å²) in [7, 11) is 0. The van der Waals surface area contributed by atoms with Crippen LogP contribution in [-0.2, 0) is 0 Å². The van der Waals surface area contributed by atoms with Crippen molar-refractivity contribution in [3.8, 4) is 0 Å². The molecular weight excluding hydrogens is 388 g/mol. The maximum absolute atomic E-state index is 10.6. The zero-order valence-electron chi connectivity index (χ0n) is 22.6. The molecule has 0 aromatic rings. The Bertz CT molecular complexity index is 695. The van der Waals surface area contributed by atoms with Gasteiger partial charge in [-0.2, -0.15) is 0 Å². The number of fused-ring (bicyclic) bond motifs is 5. The van der Waals surface area contributed by atoms with Crippen molar-refractivity contribution in [1.29, 1.82) is 0 Å². The first kappa shape index (κ1) is 24.8. The number of aliphatic hydroxyl groups excluding tert-OH is 1. The molecule has 0 aromatic heterocycles. The van der Waals surface area contributed by atoms with Crippen molar-refractivity contribution >= 4 is 0 Å². The molecule has 184 valence electrons. The van der Waals surface area contributed by atoms with Gasteiger partial charge in [-0.25, -0.2) is 0 Å². The van der Waals surface area contributed by atoms with Crippen LogP contribution < -0.4 is 0 Å². The fourth-order valence-corrected chi connectivity index (χ4v) is 10.4. The van der Waals surface area contributed by atoms with Crippen molar-refractivity contribution in [2.75, 3.05) is 0 Å². The highest BCUT2D eigenvalue weighted by Crippen LogP contribution is 2.76. The Kier molecular flexibility index (Phi) is 6.77. The molecule has 10 atom stereocenters. The maximum Gasteiger partial charge on any atom is 0.0568 e. The van der Waals surface area contributed by atoms with E-state index >= 15 is 0 Å². The van der Waals surface area contributed by atoms with Gasteiger partial charge < -0.3 is 5.11 Å². The van der Waals surface area contributed by atoms with Gasteiger partial charge in [0.1, 0.15) is 0 Å². The van der Waals surface area contributed by atoms with E-state index in [2.05, 4.69) is 55.0 Å². The number of hydrogen-bond donors (Lipinski definition) is 1. The highest BCUT2D eigenvalue weighted by molar-refractivity contribution is 5.17. The maximum atomic E-state index is 10.6. The minimum absolute atomic E-state index is 0.0524. The molecule has 0 aliphatic heterocycles. The van der Waals surface area contributed by atoms with Crippen molar-refractivity contribution in [2.45, 2.75) is 125 Å². The lowest BCUT2D eigenvalue weighted by Gasteiger charge is -2.68. The summed E-state index contributed by atoms with van der Waals surface area (Å²) in [6, 6.07) is 0. The summed E-state index contributed by atoms with van der Waals surface area (Å²) in [6.07, 6.45) is 14.8. The number of hydrogen-bond acceptors (Lipinski definition) is 1. The smallest absolute Gasteiger partial charge is 0.0568 e. The van der Waals surface area contributed by atoms with Crippen LogP contribution in [0.5, 0.6) is 0 Å². The van der Waals surface area contributed by atoms with E-state index in [1.54, 1.807) is 0 Å². The SMILES string of the molecule is C=C(CCC(C)C1CCC2(C)C3CCC4C(C)[C@@H](O)CCC4[C@]3(CC)CC[C@]12C)C(C)C. The van der Waals surface area contributed by atoms with Crippen LogP contribution in [0.3, 0.4) is 0 Å². The van der Waals surface area contributed by atoms with Crippen LogP contribution in [0.1, 0.15) is 119 Å². The Hall–Kier alpha value is -0.300. The van der Waals surface area contributed by atoms with Crippen molar-refractivity contribution < 1.29 is 5.11 Å². The van der Waals surface area contributed by atoms with Crippen LogP contribution in [0.25, 0.3) is 0 Å². The predicted octanol–water partition coefficient (Wildman–Crippen LogP) is 8.66. The molecule has 0 bridgehead atoms. The van der Waals surface area contributed by atoms with Crippen LogP contribution in [0.4, 0.5) is 0 Å². The van der Waals surface area contributed by atoms with Gasteiger partial charge in [-0.3, -0.25) is 0 Å². The predicted molar refractivity (Wildman–Crippen MR) is 137 cm³/mol. The van der Waals surface area contributed by atoms with Crippen LogP contribution in [0, 0.1) is 57.7 Å². The molecular formula is C31H54O. The zero-order chi connectivity index (χ0) is 23.5. The molecule has 1 nitrogen and oxygen atoms in total. The van der Waals surface area contributed by atoms with Crippen LogP contribution in [0.2, 0.25) is 0 Å². The summed E-state index contributed by atoms with van der Waals surface area (Å²) in [5, 5.41) is 10.6. The molecule has 4 fully saturated rings. The van der Waals surface area contributed by atoms with E-state index in [9.17, 15) is 5.11 Å². The third-order valence-corrected chi connectivity index (χ3v) is 12.9. The van der Waals surface area contributed by atoms with Crippen molar-refractivity contribution in [3.05, 3.63) is 12.2 Å². The first-order chi connectivity index (χ1) is 15.0. The van der Waals surface area contributed by atoms with E-state index in [-0.39, 0.29) is 6.10 Å². The highest BCUT2D eigenvalue weighted by atomic mass is 16.3. The Balaban J connectivity index is 1.58. The molecule has 32 heavy (non-hydrogen) atoms. The fourth-order valence-electron chi connectivity index (χ4n) is 10.4. The zero-order valence-corrected chi connectivity index (χ0v) is 22.6. The van der Waals surface area contributed by atoms with E-state index < -0.39 is 0 Å². The molecule has 0 radical (unpaired) electrons. The van der Waals surface area contributed by atoms with Gasteiger partial charge in [0.15, 0.2) is 0 Å². The molecule has 0 spiro atoms. The van der Waals surface area contributed by atoms with Gasteiger partial charge in [-0.05, 0) is 128 Å². The van der Waals surface area contributed by atoms with Crippen molar-refractivity contribution in [3.63, 3.8) is 0 Å². The Labute approximate surface area is 200 Å². The van der Waals surface area contributed by atoms with Gasteiger partial charge in [-0.1, -0.05) is 60.6 Å². The van der Waals surface area contributed by atoms with E-state index in [4.69, 9.17) is 0 Å². The molecule has 0 aromatic carbocycles. The summed E-state index contributed by atoms with van der Waals surface area (Å²) in [5.41, 5.74) is 2.99. The van der Waals surface area contributed by atoms with Gasteiger partial charge >= 0.3 is 0 Å². The largest absolute Gasteiger partial charge is 0.393 e. The average Bonchev–Trinajstić information content (AvgIpc) is 3.05. The lowest BCUT2D eigenvalue weighted by atomic mass is 9.37. The Morgan fingerprint density at radius 2 is 1.69 bits per heavy atom. The first-order valence-electron chi connectivity index (χ1n) is 14.4. The molecule has 4 aliphatic carbocycles. The molecule has 4 saturated carbocycles. The van der Waals surface area contributed by atoms with Gasteiger partial charge in [0.05, 0.1) is 6.10 Å². The second kappa shape index (κ2) is 8.73. The topological polar surface area (TPSA) is 20.2 Å². The van der Waals surface area contributed by atoms with E-state index in [0.29, 0.717) is 28.1 Å².